The van der Waals surface area contributed by atoms with Gasteiger partial charge in [0, 0.05) is 20.9 Å². The lowest BCUT2D eigenvalue weighted by atomic mass is 10.3. The molecule has 0 saturated carbocycles. The van der Waals surface area contributed by atoms with Gasteiger partial charge in [0.1, 0.15) is 6.73 Å². The minimum Gasteiger partial charge on any atom is -0.466 e. The summed E-state index contributed by atoms with van der Waals surface area (Å²) in [5.74, 6) is -0.243. The van der Waals surface area contributed by atoms with E-state index in [1.165, 1.54) is 0 Å². The second-order valence-corrected chi connectivity index (χ2v) is 11.3. The lowest BCUT2D eigenvalue weighted by molar-refractivity contribution is -0.142. The van der Waals surface area contributed by atoms with Crippen LogP contribution < -0.4 is 0 Å². The first-order valence-corrected chi connectivity index (χ1v) is 10.4. The van der Waals surface area contributed by atoms with Crippen LogP contribution in [0.15, 0.2) is 12.5 Å². The molecule has 0 aliphatic carbocycles. The minimum absolute atomic E-state index is 0.218. The fourth-order valence-corrected chi connectivity index (χ4v) is 2.23. The van der Waals surface area contributed by atoms with Crippen LogP contribution in [0.4, 0.5) is 0 Å². The van der Waals surface area contributed by atoms with Crippen molar-refractivity contribution in [3.63, 3.8) is 0 Å². The van der Waals surface area contributed by atoms with Gasteiger partial charge in [-0.05, 0) is 13.0 Å². The van der Waals surface area contributed by atoms with Gasteiger partial charge < -0.3 is 14.0 Å². The molecule has 0 unspecified atom stereocenters. The number of carbonyl (C=O) groups excluding carboxylic acids is 1. The Morgan fingerprint density at radius 2 is 2.16 bits per heavy atom. The number of aromatic nitrogens is 2. The Hall–Kier alpha value is -1.14. The number of hydrogen-bond acceptors (Lipinski definition) is 4. The van der Waals surface area contributed by atoms with Crippen LogP contribution >= 0.6 is 0 Å². The second-order valence-electron chi connectivity index (χ2n) is 5.71. The summed E-state index contributed by atoms with van der Waals surface area (Å²) in [6.07, 6.45) is 3.73. The molecule has 19 heavy (non-hydrogen) atoms. The van der Waals surface area contributed by atoms with Crippen LogP contribution in [0.3, 0.4) is 0 Å². The summed E-state index contributed by atoms with van der Waals surface area (Å²) in [5, 5.41) is 0. The van der Waals surface area contributed by atoms with E-state index in [0.29, 0.717) is 19.0 Å². The van der Waals surface area contributed by atoms with Crippen molar-refractivity contribution in [3.05, 3.63) is 18.2 Å². The molecule has 0 atom stereocenters. The van der Waals surface area contributed by atoms with Gasteiger partial charge in [0.15, 0.2) is 0 Å². The highest BCUT2D eigenvalue weighted by Crippen LogP contribution is 2.08. The molecule has 108 valence electrons. The van der Waals surface area contributed by atoms with Crippen molar-refractivity contribution in [3.8, 4) is 0 Å². The summed E-state index contributed by atoms with van der Waals surface area (Å²) in [7, 11) is -1.03. The van der Waals surface area contributed by atoms with Crippen molar-refractivity contribution in [1.82, 2.24) is 9.55 Å². The Labute approximate surface area is 115 Å². The van der Waals surface area contributed by atoms with Crippen molar-refractivity contribution in [2.75, 3.05) is 13.2 Å². The van der Waals surface area contributed by atoms with Crippen LogP contribution in [0.2, 0.25) is 25.7 Å². The van der Waals surface area contributed by atoms with E-state index in [0.717, 1.165) is 12.7 Å². The minimum atomic E-state index is -1.03. The molecule has 0 aliphatic rings. The van der Waals surface area contributed by atoms with Crippen molar-refractivity contribution in [1.29, 1.82) is 0 Å². The lowest BCUT2D eigenvalue weighted by Crippen LogP contribution is -2.21. The van der Waals surface area contributed by atoms with Gasteiger partial charge in [-0.25, -0.2) is 4.98 Å². The van der Waals surface area contributed by atoms with Crippen LogP contribution in [0, 0.1) is 0 Å². The summed E-state index contributed by atoms with van der Waals surface area (Å²) in [6, 6.07) is 1.15. The molecule has 1 heterocycles. The number of imidazole rings is 1. The van der Waals surface area contributed by atoms with Crippen molar-refractivity contribution < 1.29 is 14.3 Å². The van der Waals surface area contributed by atoms with E-state index < -0.39 is 8.07 Å². The van der Waals surface area contributed by atoms with Gasteiger partial charge in [-0.3, -0.25) is 4.79 Å². The summed E-state index contributed by atoms with van der Waals surface area (Å²) >= 11 is 0. The molecule has 1 aromatic heterocycles. The molecule has 0 aliphatic heterocycles. The molecule has 0 amide bonds. The average Bonchev–Trinajstić information content (AvgIpc) is 2.71. The Bertz CT molecular complexity index is 399. The highest BCUT2D eigenvalue weighted by atomic mass is 28.3. The first-order chi connectivity index (χ1) is 8.90. The Morgan fingerprint density at radius 3 is 2.79 bits per heavy atom. The van der Waals surface area contributed by atoms with E-state index in [-0.39, 0.29) is 12.4 Å². The first-order valence-electron chi connectivity index (χ1n) is 6.65. The average molecular weight is 284 g/mol. The van der Waals surface area contributed by atoms with Gasteiger partial charge in [0.25, 0.3) is 0 Å². The Balaban J connectivity index is 2.29. The van der Waals surface area contributed by atoms with E-state index >= 15 is 0 Å². The lowest BCUT2D eigenvalue weighted by Gasteiger charge is -2.15. The zero-order valence-electron chi connectivity index (χ0n) is 12.3. The summed E-state index contributed by atoms with van der Waals surface area (Å²) in [6.45, 7) is 10.4. The molecule has 5 nitrogen and oxygen atoms in total. The summed E-state index contributed by atoms with van der Waals surface area (Å²) in [4.78, 5) is 15.5. The second kappa shape index (κ2) is 7.45. The molecule has 0 saturated heterocycles. The molecular weight excluding hydrogens is 260 g/mol. The van der Waals surface area contributed by atoms with Crippen LogP contribution in [0.25, 0.3) is 0 Å². The van der Waals surface area contributed by atoms with E-state index in [1.54, 1.807) is 13.3 Å². The predicted molar refractivity (Wildman–Crippen MR) is 76.7 cm³/mol. The number of esters is 1. The van der Waals surface area contributed by atoms with E-state index in [4.69, 9.17) is 9.47 Å². The van der Waals surface area contributed by atoms with Crippen LogP contribution in [0.5, 0.6) is 0 Å². The maximum Gasteiger partial charge on any atom is 0.311 e. The maximum atomic E-state index is 11.3. The molecule has 1 rings (SSSR count). The van der Waals surface area contributed by atoms with Crippen LogP contribution in [-0.2, 0) is 27.4 Å². The number of hydrogen-bond donors (Lipinski definition) is 0. The number of nitrogens with zero attached hydrogens (tertiary/aromatic N) is 2. The van der Waals surface area contributed by atoms with E-state index in [9.17, 15) is 4.79 Å². The van der Waals surface area contributed by atoms with Gasteiger partial charge in [-0.15, -0.1) is 0 Å². The standard InChI is InChI=1S/C13H24N2O3Si/c1-5-18-13(16)8-12-9-15(10-14-12)11-17-6-7-19(2,3)4/h9-10H,5-8,11H2,1-4H3. The van der Waals surface area contributed by atoms with Crippen LogP contribution in [-0.4, -0.2) is 36.8 Å². The highest BCUT2D eigenvalue weighted by molar-refractivity contribution is 6.76. The fraction of sp³-hybridized carbons (Fsp3) is 0.692. The SMILES string of the molecule is CCOC(=O)Cc1cn(COCC[Si](C)(C)C)cn1. The fourth-order valence-electron chi connectivity index (χ4n) is 1.48. The zero-order valence-corrected chi connectivity index (χ0v) is 13.3. The number of carbonyl (C=O) groups is 1. The molecule has 6 heteroatoms. The van der Waals surface area contributed by atoms with Gasteiger partial charge >= 0.3 is 5.97 Å². The molecule has 0 radical (unpaired) electrons. The molecule has 1 aromatic rings. The maximum absolute atomic E-state index is 11.3. The molecule has 0 N–H and O–H groups in total. The van der Waals surface area contributed by atoms with Crippen molar-refractivity contribution >= 4 is 14.0 Å². The highest BCUT2D eigenvalue weighted by Gasteiger charge is 2.12. The van der Waals surface area contributed by atoms with E-state index in [2.05, 4.69) is 24.6 Å². The molecule has 0 fully saturated rings. The topological polar surface area (TPSA) is 53.4 Å². The summed E-state index contributed by atoms with van der Waals surface area (Å²) < 4.78 is 12.3. The molecule has 0 bridgehead atoms. The normalized spacial score (nSPS) is 11.6. The van der Waals surface area contributed by atoms with Crippen LogP contribution in [0.1, 0.15) is 12.6 Å². The summed E-state index contributed by atoms with van der Waals surface area (Å²) in [5.41, 5.74) is 0.715. The van der Waals surface area contributed by atoms with Crippen molar-refractivity contribution in [2.45, 2.75) is 45.8 Å². The van der Waals surface area contributed by atoms with Gasteiger partial charge in [0.05, 0.1) is 25.0 Å². The number of rotatable bonds is 8. The molecular formula is C13H24N2O3Si. The predicted octanol–water partition coefficient (Wildman–Crippen LogP) is 2.30. The largest absolute Gasteiger partial charge is 0.466 e. The van der Waals surface area contributed by atoms with Crippen molar-refractivity contribution in [2.24, 2.45) is 0 Å². The Morgan fingerprint density at radius 1 is 1.42 bits per heavy atom. The third-order valence-electron chi connectivity index (χ3n) is 2.55. The molecule has 0 aromatic carbocycles. The zero-order chi connectivity index (χ0) is 14.3. The van der Waals surface area contributed by atoms with Gasteiger partial charge in [0.2, 0.25) is 0 Å². The van der Waals surface area contributed by atoms with Gasteiger partial charge in [-0.2, -0.15) is 0 Å². The van der Waals surface area contributed by atoms with E-state index in [1.807, 2.05) is 10.8 Å². The third kappa shape index (κ3) is 7.12. The molecule has 0 spiro atoms. The third-order valence-corrected chi connectivity index (χ3v) is 4.26. The first kappa shape index (κ1) is 15.9. The van der Waals surface area contributed by atoms with Gasteiger partial charge in [-0.1, -0.05) is 19.6 Å². The Kier molecular flexibility index (Phi) is 6.24. The number of ether oxygens (including phenoxy) is 2. The monoisotopic (exact) mass is 284 g/mol. The quantitative estimate of drug-likeness (QED) is 0.417. The smallest absolute Gasteiger partial charge is 0.311 e.